The summed E-state index contributed by atoms with van der Waals surface area (Å²) in [5.74, 6) is 1.90. The average Bonchev–Trinajstić information content (AvgIpc) is 2.70. The monoisotopic (exact) mass is 292 g/mol. The lowest BCUT2D eigenvalue weighted by atomic mass is 10.1. The topological polar surface area (TPSA) is 36.7 Å². The number of carbonyl (C=O) groups excluding carboxylic acids is 1. The fourth-order valence-corrected chi connectivity index (χ4v) is 3.05. The minimum Gasteiger partial charge on any atom is -0.464 e. The molecule has 0 radical (unpaired) electrons. The lowest BCUT2D eigenvalue weighted by Crippen LogP contribution is -2.41. The second kappa shape index (κ2) is 7.64. The maximum absolute atomic E-state index is 12.3. The molecule has 1 aliphatic carbocycles. The van der Waals surface area contributed by atoms with Crippen LogP contribution in [0, 0.1) is 6.92 Å². The summed E-state index contributed by atoms with van der Waals surface area (Å²) in [4.78, 5) is 16.3. The van der Waals surface area contributed by atoms with E-state index in [0.717, 1.165) is 11.5 Å². The first-order chi connectivity index (χ1) is 10.1. The van der Waals surface area contributed by atoms with E-state index < -0.39 is 0 Å². The van der Waals surface area contributed by atoms with Gasteiger partial charge in [0.2, 0.25) is 5.91 Å². The van der Waals surface area contributed by atoms with Gasteiger partial charge in [-0.2, -0.15) is 0 Å². The van der Waals surface area contributed by atoms with E-state index in [1.54, 1.807) is 4.90 Å². The molecule has 1 aliphatic rings. The average molecular weight is 292 g/mol. The van der Waals surface area contributed by atoms with Crippen LogP contribution in [0.1, 0.15) is 50.0 Å². The maximum atomic E-state index is 12.3. The first-order valence-electron chi connectivity index (χ1n) is 8.06. The standard InChI is InChI=1S/C17H28N2O2/c1-14-10-11-16(21-14)12-19(3)17(20)13-18(2)15-8-6-4-5-7-9-15/h10-11,15H,4-9,12-13H2,1-3H3. The molecular formula is C17H28N2O2. The van der Waals surface area contributed by atoms with Gasteiger partial charge in [-0.1, -0.05) is 25.7 Å². The molecule has 0 aliphatic heterocycles. The Bertz CT molecular complexity index is 447. The van der Waals surface area contributed by atoms with Gasteiger partial charge in [-0.05, 0) is 38.9 Å². The van der Waals surface area contributed by atoms with Gasteiger partial charge in [-0.25, -0.2) is 0 Å². The van der Waals surface area contributed by atoms with Gasteiger partial charge in [0.15, 0.2) is 0 Å². The second-order valence-electron chi connectivity index (χ2n) is 6.32. The van der Waals surface area contributed by atoms with E-state index in [9.17, 15) is 4.79 Å². The highest BCUT2D eigenvalue weighted by Crippen LogP contribution is 2.21. The lowest BCUT2D eigenvalue weighted by molar-refractivity contribution is -0.132. The Balaban J connectivity index is 1.81. The van der Waals surface area contributed by atoms with Crippen LogP contribution in [0.4, 0.5) is 0 Å². The van der Waals surface area contributed by atoms with Gasteiger partial charge in [0.25, 0.3) is 0 Å². The zero-order valence-corrected chi connectivity index (χ0v) is 13.6. The van der Waals surface area contributed by atoms with Crippen molar-refractivity contribution in [2.24, 2.45) is 0 Å². The third-order valence-electron chi connectivity index (χ3n) is 4.45. The van der Waals surface area contributed by atoms with E-state index in [2.05, 4.69) is 11.9 Å². The molecule has 0 saturated heterocycles. The van der Waals surface area contributed by atoms with Crippen molar-refractivity contribution in [2.45, 2.75) is 58.0 Å². The first-order valence-corrected chi connectivity index (χ1v) is 8.06. The minimum absolute atomic E-state index is 0.163. The zero-order valence-electron chi connectivity index (χ0n) is 13.6. The normalized spacial score (nSPS) is 17.0. The van der Waals surface area contributed by atoms with E-state index in [0.29, 0.717) is 19.1 Å². The number of aryl methyl sites for hydroxylation is 1. The Morgan fingerprint density at radius 2 is 1.86 bits per heavy atom. The van der Waals surface area contributed by atoms with Gasteiger partial charge < -0.3 is 9.32 Å². The van der Waals surface area contributed by atoms with Crippen LogP contribution in [0.25, 0.3) is 0 Å². The Hall–Kier alpha value is -1.29. The summed E-state index contributed by atoms with van der Waals surface area (Å²) in [6.45, 7) is 2.97. The van der Waals surface area contributed by atoms with Gasteiger partial charge in [-0.15, -0.1) is 0 Å². The van der Waals surface area contributed by atoms with Crippen molar-refractivity contribution in [1.82, 2.24) is 9.80 Å². The summed E-state index contributed by atoms with van der Waals surface area (Å²) in [7, 11) is 3.93. The number of amides is 1. The molecule has 0 N–H and O–H groups in total. The number of hydrogen-bond acceptors (Lipinski definition) is 3. The second-order valence-corrected chi connectivity index (χ2v) is 6.32. The summed E-state index contributed by atoms with van der Waals surface area (Å²) in [6, 6.07) is 4.44. The molecule has 118 valence electrons. The van der Waals surface area contributed by atoms with Gasteiger partial charge in [0.05, 0.1) is 13.1 Å². The van der Waals surface area contributed by atoms with Gasteiger partial charge in [-0.3, -0.25) is 9.69 Å². The van der Waals surface area contributed by atoms with Gasteiger partial charge in [0, 0.05) is 13.1 Å². The molecule has 1 aromatic heterocycles. The van der Waals surface area contributed by atoms with E-state index in [4.69, 9.17) is 4.42 Å². The highest BCUT2D eigenvalue weighted by Gasteiger charge is 2.20. The first kappa shape index (κ1) is 16.1. The minimum atomic E-state index is 0.163. The van der Waals surface area contributed by atoms with Crippen LogP contribution in [0.5, 0.6) is 0 Å². The van der Waals surface area contributed by atoms with Crippen molar-refractivity contribution in [3.8, 4) is 0 Å². The Labute approximate surface area is 128 Å². The fraction of sp³-hybridized carbons (Fsp3) is 0.706. The molecule has 4 heteroatoms. The number of likely N-dealkylation sites (N-methyl/N-ethyl adjacent to an activating group) is 2. The van der Waals surface area contributed by atoms with Crippen LogP contribution >= 0.6 is 0 Å². The number of furan rings is 1. The highest BCUT2D eigenvalue weighted by atomic mass is 16.3. The molecule has 21 heavy (non-hydrogen) atoms. The van der Waals surface area contributed by atoms with Crippen molar-refractivity contribution in [2.75, 3.05) is 20.6 Å². The molecule has 2 rings (SSSR count). The maximum Gasteiger partial charge on any atom is 0.236 e. The van der Waals surface area contributed by atoms with Crippen LogP contribution in [0.2, 0.25) is 0 Å². The lowest BCUT2D eigenvalue weighted by Gasteiger charge is -2.28. The Morgan fingerprint density at radius 3 is 2.43 bits per heavy atom. The van der Waals surface area contributed by atoms with Gasteiger partial charge >= 0.3 is 0 Å². The quantitative estimate of drug-likeness (QED) is 0.782. The SMILES string of the molecule is Cc1ccc(CN(C)C(=O)CN(C)C2CCCCCC2)o1. The Morgan fingerprint density at radius 1 is 1.19 bits per heavy atom. The molecular weight excluding hydrogens is 264 g/mol. The Kier molecular flexibility index (Phi) is 5.85. The van der Waals surface area contributed by atoms with Crippen LogP contribution in [0.3, 0.4) is 0 Å². The van der Waals surface area contributed by atoms with Crippen molar-refractivity contribution >= 4 is 5.91 Å². The van der Waals surface area contributed by atoms with Crippen molar-refractivity contribution in [3.63, 3.8) is 0 Å². The van der Waals surface area contributed by atoms with Crippen LogP contribution < -0.4 is 0 Å². The summed E-state index contributed by atoms with van der Waals surface area (Å²) in [5, 5.41) is 0. The van der Waals surface area contributed by atoms with E-state index in [1.807, 2.05) is 26.1 Å². The number of carbonyl (C=O) groups is 1. The number of hydrogen-bond donors (Lipinski definition) is 0. The molecule has 4 nitrogen and oxygen atoms in total. The predicted octanol–water partition coefficient (Wildman–Crippen LogP) is 3.20. The smallest absolute Gasteiger partial charge is 0.236 e. The molecule has 0 bridgehead atoms. The summed E-state index contributed by atoms with van der Waals surface area (Å²) in [5.41, 5.74) is 0. The molecule has 0 aromatic carbocycles. The van der Waals surface area contributed by atoms with Crippen molar-refractivity contribution < 1.29 is 9.21 Å². The van der Waals surface area contributed by atoms with Crippen LogP contribution in [-0.2, 0) is 11.3 Å². The predicted molar refractivity (Wildman–Crippen MR) is 84.0 cm³/mol. The molecule has 1 saturated carbocycles. The molecule has 1 heterocycles. The number of nitrogens with zero attached hydrogens (tertiary/aromatic N) is 2. The molecule has 0 atom stereocenters. The largest absolute Gasteiger partial charge is 0.464 e. The third-order valence-corrected chi connectivity index (χ3v) is 4.45. The third kappa shape index (κ3) is 4.88. The summed E-state index contributed by atoms with van der Waals surface area (Å²) < 4.78 is 5.53. The van der Waals surface area contributed by atoms with Crippen molar-refractivity contribution in [3.05, 3.63) is 23.7 Å². The van der Waals surface area contributed by atoms with E-state index in [1.165, 1.54) is 38.5 Å². The fourth-order valence-electron chi connectivity index (χ4n) is 3.05. The van der Waals surface area contributed by atoms with Crippen molar-refractivity contribution in [1.29, 1.82) is 0 Å². The summed E-state index contributed by atoms with van der Waals surface area (Å²) >= 11 is 0. The van der Waals surface area contributed by atoms with E-state index in [-0.39, 0.29) is 5.91 Å². The molecule has 1 fully saturated rings. The van der Waals surface area contributed by atoms with Crippen LogP contribution in [0.15, 0.2) is 16.5 Å². The molecule has 1 aromatic rings. The number of rotatable bonds is 5. The van der Waals surface area contributed by atoms with Gasteiger partial charge in [0.1, 0.15) is 11.5 Å². The highest BCUT2D eigenvalue weighted by molar-refractivity contribution is 5.77. The zero-order chi connectivity index (χ0) is 15.2. The molecule has 0 spiro atoms. The van der Waals surface area contributed by atoms with E-state index >= 15 is 0 Å². The summed E-state index contributed by atoms with van der Waals surface area (Å²) in [6.07, 6.45) is 7.73. The van der Waals surface area contributed by atoms with Crippen LogP contribution in [-0.4, -0.2) is 42.4 Å². The molecule has 0 unspecified atom stereocenters. The molecule has 1 amide bonds.